The van der Waals surface area contributed by atoms with Gasteiger partial charge in [0.2, 0.25) is 0 Å². The van der Waals surface area contributed by atoms with Gasteiger partial charge >= 0.3 is 0 Å². The van der Waals surface area contributed by atoms with E-state index in [1.54, 1.807) is 47.4 Å². The molecule has 1 aliphatic heterocycles. The zero-order valence-electron chi connectivity index (χ0n) is 23.3. The fourth-order valence-electron chi connectivity index (χ4n) is 4.59. The van der Waals surface area contributed by atoms with E-state index in [1.165, 1.54) is 6.20 Å². The maximum atomic E-state index is 13.2. The second kappa shape index (κ2) is 14.3. The van der Waals surface area contributed by atoms with Crippen LogP contribution in [0.4, 0.5) is 5.69 Å². The maximum Gasteiger partial charge on any atom is 0.271 e. The molecule has 0 bridgehead atoms. The standard InChI is InChI=1S/C30H32Cl2N6O4/c1-37(2)13-5-8-22(39)17-19-6-3-7-20(16-19)30(42)38-14-11-21(12-15-38)34-29(41)27-25(18-33-36-27)35-28(40)26-23(31)9-4-10-24(26)32/h3-10,16,18,21H,11-15,17H2,1-2H3,(H,33,36)(H,34,41)(H,35,40)/b8-5+. The van der Waals surface area contributed by atoms with Gasteiger partial charge in [0.1, 0.15) is 5.69 Å². The van der Waals surface area contributed by atoms with Gasteiger partial charge in [-0.05, 0) is 62.8 Å². The van der Waals surface area contributed by atoms with Gasteiger partial charge in [0, 0.05) is 37.7 Å². The summed E-state index contributed by atoms with van der Waals surface area (Å²) in [7, 11) is 3.86. The van der Waals surface area contributed by atoms with Gasteiger partial charge in [0.05, 0.1) is 27.5 Å². The van der Waals surface area contributed by atoms with Crippen molar-refractivity contribution in [1.29, 1.82) is 0 Å². The zero-order chi connectivity index (χ0) is 30.2. The van der Waals surface area contributed by atoms with E-state index in [9.17, 15) is 19.2 Å². The lowest BCUT2D eigenvalue weighted by Crippen LogP contribution is -2.46. The number of halogens is 2. The number of anilines is 1. The van der Waals surface area contributed by atoms with Gasteiger partial charge in [0.25, 0.3) is 17.7 Å². The van der Waals surface area contributed by atoms with Crippen LogP contribution in [-0.2, 0) is 11.2 Å². The van der Waals surface area contributed by atoms with Crippen LogP contribution in [0.5, 0.6) is 0 Å². The minimum absolute atomic E-state index is 0.0225. The molecular weight excluding hydrogens is 579 g/mol. The van der Waals surface area contributed by atoms with E-state index < -0.39 is 11.8 Å². The third-order valence-electron chi connectivity index (χ3n) is 6.75. The van der Waals surface area contributed by atoms with E-state index in [0.717, 1.165) is 5.56 Å². The molecule has 1 saturated heterocycles. The van der Waals surface area contributed by atoms with E-state index in [2.05, 4.69) is 20.8 Å². The van der Waals surface area contributed by atoms with Crippen LogP contribution in [0.15, 0.2) is 60.8 Å². The summed E-state index contributed by atoms with van der Waals surface area (Å²) in [5.74, 6) is -1.14. The third kappa shape index (κ3) is 8.06. The molecule has 0 saturated carbocycles. The van der Waals surface area contributed by atoms with Crippen molar-refractivity contribution in [1.82, 2.24) is 25.3 Å². The molecule has 42 heavy (non-hydrogen) atoms. The minimum Gasteiger partial charge on any atom is -0.348 e. The number of aromatic amines is 1. The molecule has 1 aliphatic rings. The molecule has 4 rings (SSSR count). The average molecular weight is 612 g/mol. The van der Waals surface area contributed by atoms with E-state index in [-0.39, 0.29) is 51.1 Å². The second-order valence-corrected chi connectivity index (χ2v) is 11.1. The zero-order valence-corrected chi connectivity index (χ0v) is 24.8. The number of rotatable bonds is 10. The van der Waals surface area contributed by atoms with Crippen molar-refractivity contribution < 1.29 is 19.2 Å². The highest BCUT2D eigenvalue weighted by Gasteiger charge is 2.27. The Labute approximate surface area is 254 Å². The highest BCUT2D eigenvalue weighted by Crippen LogP contribution is 2.26. The predicted octanol–water partition coefficient (Wildman–Crippen LogP) is 4.23. The number of allylic oxidation sites excluding steroid dienone is 1. The molecule has 0 unspecified atom stereocenters. The maximum absolute atomic E-state index is 13.2. The number of carbonyl (C=O) groups is 4. The Morgan fingerprint density at radius 3 is 2.43 bits per heavy atom. The molecule has 3 N–H and O–H groups in total. The third-order valence-corrected chi connectivity index (χ3v) is 7.38. The Balaban J connectivity index is 1.30. The number of nitrogens with one attached hydrogen (secondary N) is 3. The number of piperidine rings is 1. The lowest BCUT2D eigenvalue weighted by atomic mass is 10.0. The van der Waals surface area contributed by atoms with Crippen molar-refractivity contribution in [2.24, 2.45) is 0 Å². The number of likely N-dealkylation sites (tertiary alicyclic amines) is 1. The van der Waals surface area contributed by atoms with Crippen molar-refractivity contribution in [2.45, 2.75) is 25.3 Å². The summed E-state index contributed by atoms with van der Waals surface area (Å²) < 4.78 is 0. The molecule has 0 aliphatic carbocycles. The Morgan fingerprint density at radius 2 is 1.74 bits per heavy atom. The fraction of sp³-hybridized carbons (Fsp3) is 0.300. The van der Waals surface area contributed by atoms with Crippen molar-refractivity contribution in [3.05, 3.63) is 93.2 Å². The van der Waals surface area contributed by atoms with Gasteiger partial charge in [0.15, 0.2) is 5.78 Å². The van der Waals surface area contributed by atoms with Crippen LogP contribution < -0.4 is 10.6 Å². The number of H-pyrrole nitrogens is 1. The molecule has 12 heteroatoms. The Morgan fingerprint density at radius 1 is 1.05 bits per heavy atom. The summed E-state index contributed by atoms with van der Waals surface area (Å²) in [6.07, 6.45) is 6.05. The van der Waals surface area contributed by atoms with E-state index in [1.807, 2.05) is 31.1 Å². The Hall–Kier alpha value is -3.99. The van der Waals surface area contributed by atoms with Gasteiger partial charge in [-0.3, -0.25) is 24.3 Å². The normalized spacial score (nSPS) is 13.9. The van der Waals surface area contributed by atoms with E-state index >= 15 is 0 Å². The first-order valence-corrected chi connectivity index (χ1v) is 14.2. The number of likely N-dealkylation sites (N-methyl/N-ethyl adjacent to an activating group) is 1. The largest absolute Gasteiger partial charge is 0.348 e. The summed E-state index contributed by atoms with van der Waals surface area (Å²) in [5, 5.41) is 12.5. The van der Waals surface area contributed by atoms with E-state index in [4.69, 9.17) is 23.2 Å². The lowest BCUT2D eigenvalue weighted by Gasteiger charge is -2.32. The minimum atomic E-state index is -0.568. The molecular formula is C30H32Cl2N6O4. The number of hydrogen-bond acceptors (Lipinski definition) is 6. The van der Waals surface area contributed by atoms with Crippen LogP contribution in [0.2, 0.25) is 10.0 Å². The number of benzene rings is 2. The molecule has 220 valence electrons. The van der Waals surface area contributed by atoms with Crippen molar-refractivity contribution in [3.8, 4) is 0 Å². The first-order valence-electron chi connectivity index (χ1n) is 13.4. The molecule has 3 amide bonds. The van der Waals surface area contributed by atoms with Crippen molar-refractivity contribution >= 4 is 52.4 Å². The summed E-state index contributed by atoms with van der Waals surface area (Å²) in [4.78, 5) is 54.9. The highest BCUT2D eigenvalue weighted by molar-refractivity contribution is 6.40. The SMILES string of the molecule is CN(C)C/C=C/C(=O)Cc1cccc(C(=O)N2CCC(NC(=O)c3[nH]ncc3NC(=O)c3c(Cl)cccc3Cl)CC2)c1. The molecule has 0 atom stereocenters. The summed E-state index contributed by atoms with van der Waals surface area (Å²) in [5.41, 5.74) is 1.68. The number of ketones is 1. The van der Waals surface area contributed by atoms with Gasteiger partial charge in [-0.15, -0.1) is 0 Å². The smallest absolute Gasteiger partial charge is 0.271 e. The van der Waals surface area contributed by atoms with Crippen LogP contribution in [0.3, 0.4) is 0 Å². The molecule has 2 heterocycles. The van der Waals surface area contributed by atoms with Crippen molar-refractivity contribution in [3.63, 3.8) is 0 Å². The predicted molar refractivity (Wildman–Crippen MR) is 162 cm³/mol. The fourth-order valence-corrected chi connectivity index (χ4v) is 5.16. The average Bonchev–Trinajstić information content (AvgIpc) is 3.41. The summed E-state index contributed by atoms with van der Waals surface area (Å²) >= 11 is 12.3. The Bertz CT molecular complexity index is 1470. The molecule has 2 aromatic carbocycles. The van der Waals surface area contributed by atoms with Gasteiger partial charge in [-0.1, -0.05) is 47.5 Å². The number of carbonyl (C=O) groups excluding carboxylic acids is 4. The van der Waals surface area contributed by atoms with Crippen molar-refractivity contribution in [2.75, 3.05) is 39.0 Å². The first-order chi connectivity index (χ1) is 20.1. The molecule has 3 aromatic rings. The van der Waals surface area contributed by atoms with Crippen LogP contribution in [-0.4, -0.2) is 83.3 Å². The summed E-state index contributed by atoms with van der Waals surface area (Å²) in [6, 6.07) is 11.7. The number of hydrogen-bond donors (Lipinski definition) is 3. The molecule has 0 radical (unpaired) electrons. The van der Waals surface area contributed by atoms with E-state index in [0.29, 0.717) is 38.0 Å². The topological polar surface area (TPSA) is 128 Å². The van der Waals surface area contributed by atoms with Crippen LogP contribution in [0, 0.1) is 0 Å². The number of nitrogens with zero attached hydrogens (tertiary/aromatic N) is 3. The molecule has 1 fully saturated rings. The molecule has 1 aromatic heterocycles. The van der Waals surface area contributed by atoms with Gasteiger partial charge < -0.3 is 20.4 Å². The number of amides is 3. The number of aromatic nitrogens is 2. The highest BCUT2D eigenvalue weighted by atomic mass is 35.5. The van der Waals surface area contributed by atoms with Gasteiger partial charge in [-0.25, -0.2) is 0 Å². The summed E-state index contributed by atoms with van der Waals surface area (Å²) in [6.45, 7) is 1.59. The van der Waals surface area contributed by atoms with Crippen LogP contribution in [0.25, 0.3) is 0 Å². The quantitative estimate of drug-likeness (QED) is 0.295. The second-order valence-electron chi connectivity index (χ2n) is 10.3. The Kier molecular flexibility index (Phi) is 10.5. The molecule has 10 nitrogen and oxygen atoms in total. The lowest BCUT2D eigenvalue weighted by molar-refractivity contribution is -0.114. The monoisotopic (exact) mass is 610 g/mol. The molecule has 0 spiro atoms. The van der Waals surface area contributed by atoms with Gasteiger partial charge in [-0.2, -0.15) is 5.10 Å². The van der Waals surface area contributed by atoms with Crippen LogP contribution >= 0.6 is 23.2 Å². The first kappa shape index (κ1) is 31.0. The van der Waals surface area contributed by atoms with Crippen LogP contribution in [0.1, 0.15) is 49.6 Å².